The first-order valence-corrected chi connectivity index (χ1v) is 10.5. The molecule has 0 bridgehead atoms. The number of carbonyl (C=O) groups excluding carboxylic acids is 1. The first-order valence-electron chi connectivity index (χ1n) is 10.5. The molecule has 1 aliphatic carbocycles. The van der Waals surface area contributed by atoms with Crippen LogP contribution in [-0.4, -0.2) is 41.0 Å². The molecule has 0 aliphatic heterocycles. The monoisotopic (exact) mass is 466 g/mol. The predicted octanol–water partition coefficient (Wildman–Crippen LogP) is 4.81. The minimum atomic E-state index is -4.86. The van der Waals surface area contributed by atoms with Crippen molar-refractivity contribution < 1.29 is 37.3 Å². The standard InChI is InChI=1S/C23H25F3N2O5/c1-3-14-7-9-22(10-8-14,21(30)31)28-19(29)16-12-18(20(32-2)27-13-16)15-5-4-6-17(11-15)33-23(24,25)26/h4-6,11-14H,3,7-10H2,1-2H3,(H,28,29)(H,30,31)/t14-,22-. The molecule has 1 aromatic carbocycles. The molecule has 0 spiro atoms. The molecule has 0 atom stereocenters. The lowest BCUT2D eigenvalue weighted by atomic mass is 9.75. The number of nitrogens with one attached hydrogen (secondary N) is 1. The second kappa shape index (κ2) is 9.68. The first kappa shape index (κ1) is 24.3. The van der Waals surface area contributed by atoms with Crippen LogP contribution in [0.5, 0.6) is 11.6 Å². The Morgan fingerprint density at radius 2 is 1.94 bits per heavy atom. The minimum Gasteiger partial charge on any atom is -0.481 e. The van der Waals surface area contributed by atoms with Crippen LogP contribution in [0.3, 0.4) is 0 Å². The van der Waals surface area contributed by atoms with Crippen LogP contribution in [0.1, 0.15) is 49.4 Å². The summed E-state index contributed by atoms with van der Waals surface area (Å²) in [5.74, 6) is -1.65. The van der Waals surface area contributed by atoms with Gasteiger partial charge in [-0.05, 0) is 55.4 Å². The average molecular weight is 466 g/mol. The van der Waals surface area contributed by atoms with Crippen molar-refractivity contribution in [2.45, 2.75) is 50.9 Å². The lowest BCUT2D eigenvalue weighted by molar-refractivity contribution is -0.274. The molecule has 1 saturated carbocycles. The summed E-state index contributed by atoms with van der Waals surface area (Å²) in [4.78, 5) is 29.1. The van der Waals surface area contributed by atoms with Crippen molar-refractivity contribution in [1.29, 1.82) is 0 Å². The first-order chi connectivity index (χ1) is 15.6. The molecule has 2 N–H and O–H groups in total. The fraction of sp³-hybridized carbons (Fsp3) is 0.435. The number of methoxy groups -OCH3 is 1. The highest BCUT2D eigenvalue weighted by molar-refractivity contribution is 5.99. The van der Waals surface area contributed by atoms with E-state index in [-0.39, 0.29) is 22.6 Å². The fourth-order valence-corrected chi connectivity index (χ4v) is 4.07. The Morgan fingerprint density at radius 1 is 1.24 bits per heavy atom. The number of carboxylic acid groups (broad SMARTS) is 1. The fourth-order valence-electron chi connectivity index (χ4n) is 4.07. The van der Waals surface area contributed by atoms with Crippen LogP contribution in [0.15, 0.2) is 36.5 Å². The number of carboxylic acids is 1. The van der Waals surface area contributed by atoms with Crippen molar-refractivity contribution in [2.24, 2.45) is 5.92 Å². The molecule has 7 nitrogen and oxygen atoms in total. The van der Waals surface area contributed by atoms with Crippen molar-refractivity contribution in [3.63, 3.8) is 0 Å². The van der Waals surface area contributed by atoms with Crippen LogP contribution in [0.2, 0.25) is 0 Å². The van der Waals surface area contributed by atoms with Crippen LogP contribution >= 0.6 is 0 Å². The van der Waals surface area contributed by atoms with E-state index in [1.165, 1.54) is 31.5 Å². The number of nitrogens with zero attached hydrogens (tertiary/aromatic N) is 1. The van der Waals surface area contributed by atoms with Crippen LogP contribution in [0.25, 0.3) is 11.1 Å². The van der Waals surface area contributed by atoms with Gasteiger partial charge in [0.15, 0.2) is 0 Å². The van der Waals surface area contributed by atoms with Crippen molar-refractivity contribution in [3.8, 4) is 22.8 Å². The summed E-state index contributed by atoms with van der Waals surface area (Å²) < 4.78 is 47.0. The molecule has 1 heterocycles. The van der Waals surface area contributed by atoms with E-state index in [1.54, 1.807) is 0 Å². The maximum atomic E-state index is 13.0. The number of hydrogen-bond donors (Lipinski definition) is 2. The quantitative estimate of drug-likeness (QED) is 0.608. The molecular weight excluding hydrogens is 441 g/mol. The van der Waals surface area contributed by atoms with Gasteiger partial charge in [-0.3, -0.25) is 4.79 Å². The Kier molecular flexibility index (Phi) is 7.14. The number of ether oxygens (including phenoxy) is 2. The van der Waals surface area contributed by atoms with Gasteiger partial charge in [0.1, 0.15) is 11.3 Å². The van der Waals surface area contributed by atoms with Gasteiger partial charge in [0.05, 0.1) is 12.7 Å². The van der Waals surface area contributed by atoms with Gasteiger partial charge in [0.25, 0.3) is 5.91 Å². The molecule has 10 heteroatoms. The van der Waals surface area contributed by atoms with E-state index in [0.717, 1.165) is 18.6 Å². The van der Waals surface area contributed by atoms with Gasteiger partial charge < -0.3 is 19.9 Å². The van der Waals surface area contributed by atoms with Gasteiger partial charge in [-0.25, -0.2) is 9.78 Å². The molecule has 1 aliphatic rings. The van der Waals surface area contributed by atoms with Gasteiger partial charge in [-0.1, -0.05) is 25.5 Å². The molecule has 178 valence electrons. The van der Waals surface area contributed by atoms with E-state index in [1.807, 2.05) is 0 Å². The lowest BCUT2D eigenvalue weighted by Gasteiger charge is -2.37. The molecule has 0 unspecified atom stereocenters. The minimum absolute atomic E-state index is 0.0613. The average Bonchev–Trinajstić information content (AvgIpc) is 2.78. The Bertz CT molecular complexity index is 1020. The summed E-state index contributed by atoms with van der Waals surface area (Å²) in [7, 11) is 1.34. The number of aliphatic carboxylic acids is 1. The zero-order valence-corrected chi connectivity index (χ0v) is 18.2. The van der Waals surface area contributed by atoms with Gasteiger partial charge in [0.2, 0.25) is 5.88 Å². The summed E-state index contributed by atoms with van der Waals surface area (Å²) >= 11 is 0. The van der Waals surface area contributed by atoms with Crippen LogP contribution in [-0.2, 0) is 4.79 Å². The molecule has 1 aromatic heterocycles. The summed E-state index contributed by atoms with van der Waals surface area (Å²) in [5, 5.41) is 12.5. The van der Waals surface area contributed by atoms with E-state index in [2.05, 4.69) is 22.0 Å². The zero-order chi connectivity index (χ0) is 24.2. The second-order valence-corrected chi connectivity index (χ2v) is 8.05. The second-order valence-electron chi connectivity index (χ2n) is 8.05. The molecule has 33 heavy (non-hydrogen) atoms. The number of aromatic nitrogens is 1. The normalized spacial score (nSPS) is 20.7. The van der Waals surface area contributed by atoms with Crippen LogP contribution < -0.4 is 14.8 Å². The highest BCUT2D eigenvalue weighted by Gasteiger charge is 2.43. The van der Waals surface area contributed by atoms with Gasteiger partial charge >= 0.3 is 12.3 Å². The van der Waals surface area contributed by atoms with Gasteiger partial charge in [-0.2, -0.15) is 0 Å². The van der Waals surface area contributed by atoms with Gasteiger partial charge in [0, 0.05) is 11.8 Å². The van der Waals surface area contributed by atoms with Crippen LogP contribution in [0, 0.1) is 5.92 Å². The van der Waals surface area contributed by atoms with Crippen LogP contribution in [0.4, 0.5) is 13.2 Å². The van der Waals surface area contributed by atoms with Crippen molar-refractivity contribution in [1.82, 2.24) is 10.3 Å². The topological polar surface area (TPSA) is 97.8 Å². The summed E-state index contributed by atoms with van der Waals surface area (Å²) in [6.07, 6.45) is -0.639. The number of benzene rings is 1. The Balaban J connectivity index is 1.90. The van der Waals surface area contributed by atoms with Gasteiger partial charge in [-0.15, -0.1) is 13.2 Å². The molecule has 2 aromatic rings. The largest absolute Gasteiger partial charge is 0.573 e. The molecular formula is C23H25F3N2O5. The molecule has 0 saturated heterocycles. The number of hydrogen-bond acceptors (Lipinski definition) is 5. The number of carbonyl (C=O) groups is 2. The number of halogens is 3. The SMILES string of the molecule is CC[C@H]1CC[C@@](NC(=O)c2cnc(OC)c(-c3cccc(OC(F)(F)F)c3)c2)(C(=O)O)CC1. The molecule has 1 amide bonds. The third kappa shape index (κ3) is 5.74. The third-order valence-electron chi connectivity index (χ3n) is 5.98. The summed E-state index contributed by atoms with van der Waals surface area (Å²) in [6, 6.07) is 6.60. The summed E-state index contributed by atoms with van der Waals surface area (Å²) in [5.41, 5.74) is -0.765. The molecule has 1 fully saturated rings. The van der Waals surface area contributed by atoms with E-state index >= 15 is 0 Å². The van der Waals surface area contributed by atoms with E-state index in [9.17, 15) is 27.9 Å². The third-order valence-corrected chi connectivity index (χ3v) is 5.98. The highest BCUT2D eigenvalue weighted by Crippen LogP contribution is 2.35. The predicted molar refractivity (Wildman–Crippen MR) is 113 cm³/mol. The Hall–Kier alpha value is -3.30. The molecule has 0 radical (unpaired) electrons. The maximum absolute atomic E-state index is 13.0. The smallest absolute Gasteiger partial charge is 0.481 e. The van der Waals surface area contributed by atoms with Crippen molar-refractivity contribution >= 4 is 11.9 Å². The highest BCUT2D eigenvalue weighted by atomic mass is 19.4. The van der Waals surface area contributed by atoms with E-state index < -0.39 is 29.5 Å². The van der Waals surface area contributed by atoms with E-state index in [0.29, 0.717) is 31.6 Å². The number of pyridine rings is 1. The Morgan fingerprint density at radius 3 is 2.52 bits per heavy atom. The van der Waals surface area contributed by atoms with E-state index in [4.69, 9.17) is 4.74 Å². The molecule has 3 rings (SSSR count). The van der Waals surface area contributed by atoms with Crippen molar-refractivity contribution in [3.05, 3.63) is 42.1 Å². The maximum Gasteiger partial charge on any atom is 0.573 e. The number of amides is 1. The van der Waals surface area contributed by atoms with Crippen molar-refractivity contribution in [2.75, 3.05) is 7.11 Å². The Labute approximate surface area is 188 Å². The number of alkyl halides is 3. The lowest BCUT2D eigenvalue weighted by Crippen LogP contribution is -2.56. The number of rotatable bonds is 7. The summed E-state index contributed by atoms with van der Waals surface area (Å²) in [6.45, 7) is 2.05. The zero-order valence-electron chi connectivity index (χ0n) is 18.2.